The number of hydrogen-bond acceptors (Lipinski definition) is 4. The summed E-state index contributed by atoms with van der Waals surface area (Å²) in [4.78, 5) is 21.0. The Labute approximate surface area is 110 Å². The topological polar surface area (TPSA) is 78.4 Å². The first-order valence-electron chi connectivity index (χ1n) is 6.68. The smallest absolute Gasteiger partial charge is 0.244 e. The van der Waals surface area contributed by atoms with E-state index >= 15 is 0 Å². The monoisotopic (exact) mass is 260 g/mol. The predicted octanol–water partition coefficient (Wildman–Crippen LogP) is 1.89. The molecule has 0 aliphatic carbocycles. The molecule has 0 aliphatic rings. The number of rotatable bonds is 9. The SMILES string of the molecule is CCCCC(C=O)CC(=O)NO.CCCCNC. The molecule has 0 heterocycles. The minimum atomic E-state index is -0.497. The van der Waals surface area contributed by atoms with Gasteiger partial charge in [0, 0.05) is 12.3 Å². The zero-order valence-electron chi connectivity index (χ0n) is 11.9. The van der Waals surface area contributed by atoms with Crippen LogP contribution in [0.4, 0.5) is 0 Å². The van der Waals surface area contributed by atoms with Crippen LogP contribution in [0, 0.1) is 5.92 Å². The molecule has 5 heteroatoms. The maximum Gasteiger partial charge on any atom is 0.244 e. The summed E-state index contributed by atoms with van der Waals surface area (Å²) in [5, 5.41) is 11.3. The molecule has 0 aromatic rings. The van der Waals surface area contributed by atoms with Crippen molar-refractivity contribution in [3.8, 4) is 0 Å². The fourth-order valence-corrected chi connectivity index (χ4v) is 1.32. The Morgan fingerprint density at radius 3 is 2.22 bits per heavy atom. The number of hydroxylamine groups is 1. The summed E-state index contributed by atoms with van der Waals surface area (Å²) in [6.07, 6.45) is 6.10. The second-order valence-corrected chi connectivity index (χ2v) is 4.23. The third kappa shape index (κ3) is 15.1. The Balaban J connectivity index is 0. The van der Waals surface area contributed by atoms with Gasteiger partial charge in [-0.3, -0.25) is 10.0 Å². The lowest BCUT2D eigenvalue weighted by molar-refractivity contribution is -0.131. The van der Waals surface area contributed by atoms with E-state index in [1.165, 1.54) is 18.3 Å². The van der Waals surface area contributed by atoms with E-state index in [1.807, 2.05) is 14.0 Å². The van der Waals surface area contributed by atoms with E-state index < -0.39 is 5.91 Å². The van der Waals surface area contributed by atoms with Crippen molar-refractivity contribution in [3.63, 3.8) is 0 Å². The summed E-state index contributed by atoms with van der Waals surface area (Å²) in [5.74, 6) is -0.750. The van der Waals surface area contributed by atoms with Crippen LogP contribution in [0.5, 0.6) is 0 Å². The van der Waals surface area contributed by atoms with Gasteiger partial charge in [-0.2, -0.15) is 0 Å². The van der Waals surface area contributed by atoms with Crippen molar-refractivity contribution in [1.29, 1.82) is 0 Å². The fourth-order valence-electron chi connectivity index (χ4n) is 1.32. The average molecular weight is 260 g/mol. The van der Waals surface area contributed by atoms with E-state index in [2.05, 4.69) is 12.2 Å². The molecule has 0 rings (SSSR count). The Morgan fingerprint density at radius 1 is 1.28 bits per heavy atom. The average Bonchev–Trinajstić information content (AvgIpc) is 2.41. The first kappa shape index (κ1) is 19.4. The van der Waals surface area contributed by atoms with Gasteiger partial charge in [0.15, 0.2) is 0 Å². The molecule has 0 aliphatic heterocycles. The lowest BCUT2D eigenvalue weighted by Crippen LogP contribution is -2.22. The van der Waals surface area contributed by atoms with Crippen LogP contribution in [0.1, 0.15) is 52.4 Å². The van der Waals surface area contributed by atoms with Gasteiger partial charge in [0.1, 0.15) is 6.29 Å². The third-order valence-corrected chi connectivity index (χ3v) is 2.47. The van der Waals surface area contributed by atoms with Crippen molar-refractivity contribution >= 4 is 12.2 Å². The molecule has 1 atom stereocenters. The summed E-state index contributed by atoms with van der Waals surface area (Å²) in [5.41, 5.74) is 1.51. The highest BCUT2D eigenvalue weighted by Gasteiger charge is 2.11. The molecule has 0 radical (unpaired) electrons. The molecule has 1 unspecified atom stereocenters. The number of aldehydes is 1. The molecule has 108 valence electrons. The fraction of sp³-hybridized carbons (Fsp3) is 0.846. The van der Waals surface area contributed by atoms with E-state index in [9.17, 15) is 9.59 Å². The van der Waals surface area contributed by atoms with Gasteiger partial charge in [-0.25, -0.2) is 5.48 Å². The van der Waals surface area contributed by atoms with Crippen molar-refractivity contribution in [2.24, 2.45) is 5.92 Å². The molecular formula is C13H28N2O3. The Morgan fingerprint density at radius 2 is 1.89 bits per heavy atom. The van der Waals surface area contributed by atoms with Crippen molar-refractivity contribution < 1.29 is 14.8 Å². The van der Waals surface area contributed by atoms with Gasteiger partial charge in [0.25, 0.3) is 0 Å². The maximum atomic E-state index is 10.6. The molecule has 0 saturated heterocycles. The third-order valence-electron chi connectivity index (χ3n) is 2.47. The van der Waals surface area contributed by atoms with Gasteiger partial charge in [-0.05, 0) is 26.4 Å². The van der Waals surface area contributed by atoms with E-state index in [-0.39, 0.29) is 12.3 Å². The van der Waals surface area contributed by atoms with Crippen LogP contribution in [0.15, 0.2) is 0 Å². The predicted molar refractivity (Wildman–Crippen MR) is 72.5 cm³/mol. The van der Waals surface area contributed by atoms with E-state index in [0.717, 1.165) is 25.7 Å². The van der Waals surface area contributed by atoms with Crippen LogP contribution in [-0.2, 0) is 9.59 Å². The molecule has 0 aromatic heterocycles. The van der Waals surface area contributed by atoms with Gasteiger partial charge in [0.05, 0.1) is 0 Å². The molecule has 0 spiro atoms. The normalized spacial score (nSPS) is 11.1. The van der Waals surface area contributed by atoms with Crippen LogP contribution in [0.25, 0.3) is 0 Å². The molecule has 0 bridgehead atoms. The van der Waals surface area contributed by atoms with E-state index in [1.54, 1.807) is 0 Å². The molecule has 18 heavy (non-hydrogen) atoms. The number of carbonyl (C=O) groups is 2. The molecule has 5 nitrogen and oxygen atoms in total. The van der Waals surface area contributed by atoms with Gasteiger partial charge in [-0.15, -0.1) is 0 Å². The molecular weight excluding hydrogens is 232 g/mol. The number of amides is 1. The van der Waals surface area contributed by atoms with Crippen LogP contribution < -0.4 is 10.8 Å². The summed E-state index contributed by atoms with van der Waals surface area (Å²) < 4.78 is 0. The minimum Gasteiger partial charge on any atom is -0.320 e. The minimum absolute atomic E-state index is 0.0833. The van der Waals surface area contributed by atoms with E-state index in [0.29, 0.717) is 6.42 Å². The van der Waals surface area contributed by atoms with Crippen LogP contribution in [-0.4, -0.2) is 31.0 Å². The summed E-state index contributed by atoms with van der Waals surface area (Å²) >= 11 is 0. The van der Waals surface area contributed by atoms with Gasteiger partial charge < -0.3 is 10.1 Å². The molecule has 0 fully saturated rings. The van der Waals surface area contributed by atoms with Gasteiger partial charge in [-0.1, -0.05) is 33.1 Å². The quantitative estimate of drug-likeness (QED) is 0.256. The second kappa shape index (κ2) is 16.1. The molecule has 0 saturated carbocycles. The standard InChI is InChI=1S/C8H15NO3.C5H13N/c1-2-3-4-7(6-10)5-8(11)9-12;1-3-4-5-6-2/h6-7,12H,2-5H2,1H3,(H,9,11);6H,3-5H2,1-2H3. The lowest BCUT2D eigenvalue weighted by Gasteiger charge is -2.06. The molecule has 0 aromatic carbocycles. The maximum absolute atomic E-state index is 10.6. The number of carbonyl (C=O) groups excluding carboxylic acids is 2. The van der Waals surface area contributed by atoms with Crippen LogP contribution in [0.3, 0.4) is 0 Å². The summed E-state index contributed by atoms with van der Waals surface area (Å²) in [6, 6.07) is 0. The Kier molecular flexibility index (Phi) is 17.3. The number of unbranched alkanes of at least 4 members (excludes halogenated alkanes) is 2. The lowest BCUT2D eigenvalue weighted by atomic mass is 10.00. The highest BCUT2D eigenvalue weighted by Crippen LogP contribution is 2.09. The highest BCUT2D eigenvalue weighted by molar-refractivity contribution is 5.77. The summed E-state index contributed by atoms with van der Waals surface area (Å²) in [7, 11) is 1.98. The van der Waals surface area contributed by atoms with Crippen molar-refractivity contribution in [2.45, 2.75) is 52.4 Å². The first-order chi connectivity index (χ1) is 8.65. The molecule has 3 N–H and O–H groups in total. The molecule has 1 amide bonds. The van der Waals surface area contributed by atoms with Gasteiger partial charge >= 0.3 is 0 Å². The number of nitrogens with one attached hydrogen (secondary N) is 2. The van der Waals surface area contributed by atoms with Crippen molar-refractivity contribution in [1.82, 2.24) is 10.8 Å². The zero-order chi connectivity index (χ0) is 14.2. The van der Waals surface area contributed by atoms with Crippen LogP contribution in [0.2, 0.25) is 0 Å². The Bertz CT molecular complexity index is 195. The second-order valence-electron chi connectivity index (χ2n) is 4.23. The highest BCUT2D eigenvalue weighted by atomic mass is 16.5. The van der Waals surface area contributed by atoms with Crippen LogP contribution >= 0.6 is 0 Å². The summed E-state index contributed by atoms with van der Waals surface area (Å²) in [6.45, 7) is 5.38. The zero-order valence-corrected chi connectivity index (χ0v) is 11.9. The largest absolute Gasteiger partial charge is 0.320 e. The van der Waals surface area contributed by atoms with Crippen molar-refractivity contribution in [3.05, 3.63) is 0 Å². The van der Waals surface area contributed by atoms with Crippen molar-refractivity contribution in [2.75, 3.05) is 13.6 Å². The van der Waals surface area contributed by atoms with E-state index in [4.69, 9.17) is 5.21 Å². The first-order valence-corrected chi connectivity index (χ1v) is 6.68. The van der Waals surface area contributed by atoms with Gasteiger partial charge in [0.2, 0.25) is 5.91 Å². The Hall–Kier alpha value is -0.940. The number of hydrogen-bond donors (Lipinski definition) is 3.